The number of ketones is 1. The Bertz CT molecular complexity index is 3330. The molecule has 7 aromatic rings. The van der Waals surface area contributed by atoms with Crippen molar-refractivity contribution in [2.75, 3.05) is 20.1 Å². The summed E-state index contributed by atoms with van der Waals surface area (Å²) in [5.41, 5.74) is 8.61. The second-order valence-electron chi connectivity index (χ2n) is 24.8. The van der Waals surface area contributed by atoms with Gasteiger partial charge in [-0.15, -0.1) is 22.7 Å². The lowest BCUT2D eigenvalue weighted by molar-refractivity contribution is -0.141. The van der Waals surface area contributed by atoms with Crippen molar-refractivity contribution in [2.45, 2.75) is 147 Å². The van der Waals surface area contributed by atoms with E-state index in [9.17, 15) is 19.2 Å². The number of carbonyl (C=O) groups excluding carboxylic acids is 6. The van der Waals surface area contributed by atoms with Gasteiger partial charge < -0.3 is 31.1 Å². The molecule has 4 aliphatic rings. The summed E-state index contributed by atoms with van der Waals surface area (Å²) >= 11 is 3.01. The lowest BCUT2D eigenvalue weighted by atomic mass is 9.76. The lowest BCUT2D eigenvalue weighted by Crippen LogP contribution is -2.54. The fourth-order valence-corrected chi connectivity index (χ4v) is 15.4. The standard InChI is InChI=1S/C72H82N8O6S2/c1-5-45(2)66(82)78-65(50-26-16-9-17-27-50)72(86)80-42-58(39-63(80)70-77-61(44-88-70)56-31-19-29-54(37-56)48-22-12-7-13-23-48)75-68(84)52-34-32-51(33-35-52)67(83)74-57-38-62(69-76-60(43-87-69)55-30-18-28-53(36-55)47-20-10-6-11-21-47)79(41-57)71(85)59(40-64(81)46(3)73-4)49-24-14-8-15-25-49/h6-7,10-13,18-23,28-37,43-46,49-50,57-59,62-63,65,73H,5,8-9,14-17,24-27,38-42H2,1-4H3,(H,74,83)(H,75,84)(H,78,82)/t45-,46+,57+,58+,59+,62+,63+,65+/m1/s1. The molecule has 0 bridgehead atoms. The Labute approximate surface area is 525 Å². The smallest absolute Gasteiger partial charge is 0.251 e. The van der Waals surface area contributed by atoms with Gasteiger partial charge in [0.2, 0.25) is 17.7 Å². The summed E-state index contributed by atoms with van der Waals surface area (Å²) in [7, 11) is 1.77. The molecule has 5 amide bonds. The van der Waals surface area contributed by atoms with Gasteiger partial charge in [-0.3, -0.25) is 28.8 Å². The molecule has 14 nitrogen and oxygen atoms in total. The molecule has 8 atom stereocenters. The maximum Gasteiger partial charge on any atom is 0.251 e. The minimum absolute atomic E-state index is 0.00280. The van der Waals surface area contributed by atoms with Gasteiger partial charge in [0.1, 0.15) is 21.8 Å². The molecule has 0 spiro atoms. The van der Waals surface area contributed by atoms with E-state index in [0.717, 1.165) is 119 Å². The van der Waals surface area contributed by atoms with Crippen LogP contribution in [0.4, 0.5) is 0 Å². The number of Topliss-reactive ketones (excluding diaryl/α,β-unsaturated/α-hetero) is 1. The average Bonchev–Trinajstić information content (AvgIpc) is 1.96. The van der Waals surface area contributed by atoms with Gasteiger partial charge in [-0.1, -0.05) is 149 Å². The maximum absolute atomic E-state index is 15.2. The third kappa shape index (κ3) is 14.4. The van der Waals surface area contributed by atoms with Crippen LogP contribution in [0, 0.1) is 23.7 Å². The van der Waals surface area contributed by atoms with Crippen LogP contribution in [0.5, 0.6) is 0 Å². The van der Waals surface area contributed by atoms with Crippen molar-refractivity contribution in [3.63, 3.8) is 0 Å². The number of hydrogen-bond acceptors (Lipinski definition) is 11. The number of aromatic nitrogens is 2. The van der Waals surface area contributed by atoms with E-state index >= 15 is 9.59 Å². The number of rotatable bonds is 21. The van der Waals surface area contributed by atoms with Gasteiger partial charge in [0.15, 0.2) is 0 Å². The highest BCUT2D eigenvalue weighted by Crippen LogP contribution is 2.42. The first-order valence-corrected chi connectivity index (χ1v) is 33.6. The second kappa shape index (κ2) is 28.7. The zero-order valence-electron chi connectivity index (χ0n) is 51.0. The molecule has 2 aromatic heterocycles. The summed E-state index contributed by atoms with van der Waals surface area (Å²) in [6.07, 6.45) is 11.4. The number of hydrogen-bond donors (Lipinski definition) is 4. The molecule has 0 unspecified atom stereocenters. The lowest BCUT2D eigenvalue weighted by Gasteiger charge is -2.35. The van der Waals surface area contributed by atoms with Gasteiger partial charge in [0.25, 0.3) is 11.8 Å². The summed E-state index contributed by atoms with van der Waals surface area (Å²) in [5, 5.41) is 18.4. The van der Waals surface area contributed by atoms with Gasteiger partial charge in [-0.2, -0.15) is 0 Å². The number of likely N-dealkylation sites (N-methyl/N-ethyl adjacent to an activating group) is 1. The molecule has 88 heavy (non-hydrogen) atoms. The van der Waals surface area contributed by atoms with Crippen molar-refractivity contribution >= 4 is 58.0 Å². The monoisotopic (exact) mass is 1220 g/mol. The first kappa shape index (κ1) is 62.0. The van der Waals surface area contributed by atoms with E-state index in [-0.39, 0.29) is 78.6 Å². The Morgan fingerprint density at radius 3 is 1.45 bits per heavy atom. The van der Waals surface area contributed by atoms with E-state index in [1.807, 2.05) is 102 Å². The Kier molecular flexibility index (Phi) is 20.2. The number of thiazole rings is 2. The number of benzene rings is 5. The Hall–Kier alpha value is -7.66. The molecule has 5 aromatic carbocycles. The van der Waals surface area contributed by atoms with Crippen molar-refractivity contribution in [1.82, 2.24) is 41.0 Å². The zero-order valence-corrected chi connectivity index (χ0v) is 52.6. The fourth-order valence-electron chi connectivity index (χ4n) is 13.5. The predicted octanol–water partition coefficient (Wildman–Crippen LogP) is 13.3. The normalized spacial score (nSPS) is 20.4. The van der Waals surface area contributed by atoms with E-state index in [0.29, 0.717) is 30.4 Å². The van der Waals surface area contributed by atoms with Crippen LogP contribution in [-0.4, -0.2) is 99.4 Å². The van der Waals surface area contributed by atoms with E-state index in [4.69, 9.17) is 9.97 Å². The third-order valence-corrected chi connectivity index (χ3v) is 20.9. The van der Waals surface area contributed by atoms with Crippen LogP contribution < -0.4 is 21.3 Å². The summed E-state index contributed by atoms with van der Waals surface area (Å²) in [4.78, 5) is 101. The van der Waals surface area contributed by atoms with E-state index in [2.05, 4.69) is 69.8 Å². The molecule has 4 fully saturated rings. The molecule has 2 saturated heterocycles. The molecule has 2 aliphatic heterocycles. The van der Waals surface area contributed by atoms with Crippen LogP contribution >= 0.6 is 22.7 Å². The molecule has 458 valence electrons. The maximum atomic E-state index is 15.2. The first-order valence-electron chi connectivity index (χ1n) is 31.9. The molecule has 11 rings (SSSR count). The first-order chi connectivity index (χ1) is 42.8. The van der Waals surface area contributed by atoms with Crippen molar-refractivity contribution in [3.05, 3.63) is 165 Å². The summed E-state index contributed by atoms with van der Waals surface area (Å²) < 4.78 is 0. The van der Waals surface area contributed by atoms with Crippen LogP contribution in [0.2, 0.25) is 0 Å². The van der Waals surface area contributed by atoms with Crippen molar-refractivity contribution in [3.8, 4) is 44.8 Å². The topological polar surface area (TPSA) is 183 Å². The number of likely N-dealkylation sites (tertiary alicyclic amines) is 2. The van der Waals surface area contributed by atoms with E-state index < -0.39 is 36.1 Å². The van der Waals surface area contributed by atoms with Crippen LogP contribution in [0.15, 0.2) is 144 Å². The summed E-state index contributed by atoms with van der Waals surface area (Å²) in [5.74, 6) is -1.67. The average molecular weight is 1220 g/mol. The highest BCUT2D eigenvalue weighted by atomic mass is 32.1. The molecule has 2 saturated carbocycles. The largest absolute Gasteiger partial charge is 0.347 e. The van der Waals surface area contributed by atoms with Crippen LogP contribution in [0.25, 0.3) is 44.8 Å². The van der Waals surface area contributed by atoms with Gasteiger partial charge in [-0.05, 0) is 129 Å². The Morgan fingerprint density at radius 2 is 0.989 bits per heavy atom. The Morgan fingerprint density at radius 1 is 0.545 bits per heavy atom. The number of nitrogens with zero attached hydrogens (tertiary/aromatic N) is 4. The van der Waals surface area contributed by atoms with E-state index in [1.54, 1.807) is 31.3 Å². The van der Waals surface area contributed by atoms with Crippen LogP contribution in [0.3, 0.4) is 0 Å². The van der Waals surface area contributed by atoms with Crippen molar-refractivity contribution in [2.24, 2.45) is 23.7 Å². The molecule has 2 aliphatic carbocycles. The number of carbonyl (C=O) groups is 6. The van der Waals surface area contributed by atoms with Crippen LogP contribution in [0.1, 0.15) is 153 Å². The Balaban J connectivity index is 0.811. The second-order valence-corrected chi connectivity index (χ2v) is 26.6. The summed E-state index contributed by atoms with van der Waals surface area (Å²) in [6, 6.07) is 40.8. The molecule has 16 heteroatoms. The quantitative estimate of drug-likeness (QED) is 0.0544. The fraction of sp³-hybridized carbons (Fsp3) is 0.417. The zero-order chi connectivity index (χ0) is 61.3. The van der Waals surface area contributed by atoms with Crippen molar-refractivity contribution < 1.29 is 28.8 Å². The van der Waals surface area contributed by atoms with Gasteiger partial charge >= 0.3 is 0 Å². The highest BCUT2D eigenvalue weighted by molar-refractivity contribution is 7.10. The third-order valence-electron chi connectivity index (χ3n) is 19.0. The molecule has 4 N–H and O–H groups in total. The predicted molar refractivity (Wildman–Crippen MR) is 349 cm³/mol. The number of amides is 5. The minimum Gasteiger partial charge on any atom is -0.347 e. The van der Waals surface area contributed by atoms with Gasteiger partial charge in [-0.25, -0.2) is 9.97 Å². The van der Waals surface area contributed by atoms with E-state index in [1.165, 1.54) is 22.7 Å². The molecular weight excluding hydrogens is 1140 g/mol. The minimum atomic E-state index is -0.700. The SMILES string of the molecule is CC[C@@H](C)C(=O)N[C@H](C(=O)N1C[C@@H](NC(=O)c2ccc(C(=O)N[C@H]3C[C@@H](c4nc(-c5cccc(-c6ccccc6)c5)cs4)N(C(=O)[C@@H](CC(=O)[C@H](C)NC)C4CCCCC4)C3)cc2)C[C@H]1c1nc(-c2cccc(-c3ccccc3)c2)cs1)C1CCCCC1. The molecular formula is C72H82N8O6S2. The number of nitrogens with one attached hydrogen (secondary N) is 4. The molecule has 0 radical (unpaired) electrons. The van der Waals surface area contributed by atoms with Crippen LogP contribution in [-0.2, 0) is 19.2 Å². The highest BCUT2D eigenvalue weighted by Gasteiger charge is 2.46. The van der Waals surface area contributed by atoms with Gasteiger partial charge in [0, 0.05) is 76.4 Å². The van der Waals surface area contributed by atoms with Crippen molar-refractivity contribution in [1.29, 1.82) is 0 Å². The van der Waals surface area contributed by atoms with Gasteiger partial charge in [0.05, 0.1) is 29.5 Å². The molecule has 4 heterocycles. The summed E-state index contributed by atoms with van der Waals surface area (Å²) in [6.45, 7) is 6.20.